The van der Waals surface area contributed by atoms with Crippen molar-refractivity contribution in [3.8, 4) is 0 Å². The van der Waals surface area contributed by atoms with Crippen LogP contribution >= 0.6 is 23.2 Å². The van der Waals surface area contributed by atoms with Gasteiger partial charge in [0.15, 0.2) is 0 Å². The van der Waals surface area contributed by atoms with E-state index in [0.717, 1.165) is 11.4 Å². The van der Waals surface area contributed by atoms with Crippen LogP contribution in [0.3, 0.4) is 0 Å². The van der Waals surface area contributed by atoms with Crippen molar-refractivity contribution in [3.63, 3.8) is 0 Å². The monoisotopic (exact) mass is 256 g/mol. The molecule has 0 aliphatic carbocycles. The van der Waals surface area contributed by atoms with E-state index in [-0.39, 0.29) is 0 Å². The molecule has 1 heterocycles. The van der Waals surface area contributed by atoms with E-state index < -0.39 is 0 Å². The Labute approximate surface area is 103 Å². The Hall–Kier alpha value is -1.10. The molecule has 0 amide bonds. The number of nitrogens with two attached hydrogens (primary N) is 1. The van der Waals surface area contributed by atoms with Crippen molar-refractivity contribution in [2.24, 2.45) is 5.73 Å². The molecule has 4 nitrogen and oxygen atoms in total. The molecule has 0 fully saturated rings. The molecule has 84 valence electrons. The highest BCUT2D eigenvalue weighted by Crippen LogP contribution is 2.21. The second kappa shape index (κ2) is 4.82. The third-order valence-corrected chi connectivity index (χ3v) is 2.80. The Balaban J connectivity index is 2.27. The average molecular weight is 257 g/mol. The van der Waals surface area contributed by atoms with Crippen LogP contribution in [0, 0.1) is 0 Å². The van der Waals surface area contributed by atoms with Crippen LogP contribution in [0.4, 0.5) is 0 Å². The lowest BCUT2D eigenvalue weighted by Crippen LogP contribution is -2.11. The highest BCUT2D eigenvalue weighted by molar-refractivity contribution is 6.35. The summed E-state index contributed by atoms with van der Waals surface area (Å²) in [4.78, 5) is 4.04. The summed E-state index contributed by atoms with van der Waals surface area (Å²) in [7, 11) is 0. The third kappa shape index (κ3) is 2.35. The van der Waals surface area contributed by atoms with Gasteiger partial charge in [0.2, 0.25) is 0 Å². The van der Waals surface area contributed by atoms with E-state index in [1.165, 1.54) is 6.33 Å². The zero-order valence-electron chi connectivity index (χ0n) is 8.40. The first-order chi connectivity index (χ1) is 7.70. The topological polar surface area (TPSA) is 56.7 Å². The number of nitrogens with zero attached hydrogens (tertiary/aromatic N) is 3. The van der Waals surface area contributed by atoms with Crippen molar-refractivity contribution in [1.82, 2.24) is 14.8 Å². The minimum atomic E-state index is 0.352. The quantitative estimate of drug-likeness (QED) is 0.915. The molecule has 2 aromatic rings. The number of hydrogen-bond acceptors (Lipinski definition) is 3. The van der Waals surface area contributed by atoms with Crippen LogP contribution in [0.2, 0.25) is 10.0 Å². The van der Waals surface area contributed by atoms with Crippen LogP contribution in [0.15, 0.2) is 24.5 Å². The molecule has 0 atom stereocenters. The molecule has 0 unspecified atom stereocenters. The summed E-state index contributed by atoms with van der Waals surface area (Å²) in [5.74, 6) is 0.728. The molecule has 0 radical (unpaired) electrons. The molecule has 0 saturated heterocycles. The zero-order valence-corrected chi connectivity index (χ0v) is 9.91. The number of hydrogen-bond donors (Lipinski definition) is 1. The maximum atomic E-state index is 6.06. The Morgan fingerprint density at radius 2 is 2.12 bits per heavy atom. The van der Waals surface area contributed by atoms with Crippen LogP contribution in [0.5, 0.6) is 0 Å². The van der Waals surface area contributed by atoms with Crippen molar-refractivity contribution in [3.05, 3.63) is 46.0 Å². The van der Waals surface area contributed by atoms with Gasteiger partial charge in [0.1, 0.15) is 12.2 Å². The van der Waals surface area contributed by atoms with E-state index in [2.05, 4.69) is 10.1 Å². The maximum absolute atomic E-state index is 6.06. The summed E-state index contributed by atoms with van der Waals surface area (Å²) in [5, 5.41) is 5.31. The highest BCUT2D eigenvalue weighted by Gasteiger charge is 2.06. The number of halogens is 2. The fourth-order valence-electron chi connectivity index (χ4n) is 1.39. The molecule has 6 heteroatoms. The molecule has 1 aromatic carbocycles. The summed E-state index contributed by atoms with van der Waals surface area (Å²) >= 11 is 11.9. The van der Waals surface area contributed by atoms with Crippen LogP contribution in [0.25, 0.3) is 0 Å². The van der Waals surface area contributed by atoms with Gasteiger partial charge < -0.3 is 5.73 Å². The van der Waals surface area contributed by atoms with Crippen LogP contribution in [-0.4, -0.2) is 14.8 Å². The molecular formula is C10H10Cl2N4. The first-order valence-electron chi connectivity index (χ1n) is 4.71. The van der Waals surface area contributed by atoms with Gasteiger partial charge in [-0.15, -0.1) is 0 Å². The minimum Gasteiger partial charge on any atom is -0.324 e. The summed E-state index contributed by atoms with van der Waals surface area (Å²) in [6.07, 6.45) is 1.48. The number of rotatable bonds is 3. The molecule has 0 aliphatic heterocycles. The average Bonchev–Trinajstić information content (AvgIpc) is 2.69. The van der Waals surface area contributed by atoms with Gasteiger partial charge in [-0.3, -0.25) is 0 Å². The lowest BCUT2D eigenvalue weighted by Gasteiger charge is -2.06. The summed E-state index contributed by atoms with van der Waals surface area (Å²) < 4.78 is 1.72. The Morgan fingerprint density at radius 1 is 1.31 bits per heavy atom. The van der Waals surface area contributed by atoms with Crippen molar-refractivity contribution in [2.45, 2.75) is 13.1 Å². The third-order valence-electron chi connectivity index (χ3n) is 2.21. The predicted octanol–water partition coefficient (Wildman–Crippen LogP) is 2.09. The van der Waals surface area contributed by atoms with Crippen molar-refractivity contribution >= 4 is 23.2 Å². The molecule has 2 N–H and O–H groups in total. The van der Waals surface area contributed by atoms with E-state index in [0.29, 0.717) is 23.1 Å². The first kappa shape index (κ1) is 11.4. The lowest BCUT2D eigenvalue weighted by atomic mass is 10.2. The molecule has 2 rings (SSSR count). The lowest BCUT2D eigenvalue weighted by molar-refractivity contribution is 0.639. The minimum absolute atomic E-state index is 0.352. The van der Waals surface area contributed by atoms with E-state index >= 15 is 0 Å². The standard InChI is InChI=1S/C10H10Cl2N4/c11-8-2-1-7(9(12)3-8)5-16-10(4-13)14-6-15-16/h1-3,6H,4-5,13H2. The fraction of sp³-hybridized carbons (Fsp3) is 0.200. The smallest absolute Gasteiger partial charge is 0.140 e. The van der Waals surface area contributed by atoms with Gasteiger partial charge in [0, 0.05) is 10.0 Å². The number of benzene rings is 1. The maximum Gasteiger partial charge on any atom is 0.140 e. The second-order valence-electron chi connectivity index (χ2n) is 3.27. The second-order valence-corrected chi connectivity index (χ2v) is 4.12. The molecule has 0 spiro atoms. The Morgan fingerprint density at radius 3 is 2.81 bits per heavy atom. The molecular weight excluding hydrogens is 247 g/mol. The van der Waals surface area contributed by atoms with Gasteiger partial charge in [0.25, 0.3) is 0 Å². The fourth-order valence-corrected chi connectivity index (χ4v) is 1.86. The van der Waals surface area contributed by atoms with Gasteiger partial charge in [-0.25, -0.2) is 9.67 Å². The van der Waals surface area contributed by atoms with Crippen molar-refractivity contribution in [1.29, 1.82) is 0 Å². The van der Waals surface area contributed by atoms with E-state index in [1.54, 1.807) is 16.8 Å². The first-order valence-corrected chi connectivity index (χ1v) is 5.47. The summed E-state index contributed by atoms with van der Waals surface area (Å²) in [6, 6.07) is 5.37. The SMILES string of the molecule is NCc1ncnn1Cc1ccc(Cl)cc1Cl. The largest absolute Gasteiger partial charge is 0.324 e. The van der Waals surface area contributed by atoms with Gasteiger partial charge in [-0.1, -0.05) is 29.3 Å². The Bertz CT molecular complexity index is 495. The zero-order chi connectivity index (χ0) is 11.5. The van der Waals surface area contributed by atoms with Gasteiger partial charge in [-0.2, -0.15) is 5.10 Å². The normalized spacial score (nSPS) is 10.7. The Kier molecular flexibility index (Phi) is 3.43. The van der Waals surface area contributed by atoms with Gasteiger partial charge >= 0.3 is 0 Å². The van der Waals surface area contributed by atoms with Crippen molar-refractivity contribution in [2.75, 3.05) is 0 Å². The van der Waals surface area contributed by atoms with Crippen LogP contribution in [-0.2, 0) is 13.1 Å². The van der Waals surface area contributed by atoms with E-state index in [9.17, 15) is 0 Å². The van der Waals surface area contributed by atoms with E-state index in [4.69, 9.17) is 28.9 Å². The van der Waals surface area contributed by atoms with Crippen molar-refractivity contribution < 1.29 is 0 Å². The molecule has 0 bridgehead atoms. The molecule has 0 saturated carbocycles. The molecule has 0 aliphatic rings. The molecule has 1 aromatic heterocycles. The summed E-state index contributed by atoms with van der Waals surface area (Å²) in [6.45, 7) is 0.897. The summed E-state index contributed by atoms with van der Waals surface area (Å²) in [5.41, 5.74) is 6.47. The number of aromatic nitrogens is 3. The van der Waals surface area contributed by atoms with Crippen LogP contribution in [0.1, 0.15) is 11.4 Å². The van der Waals surface area contributed by atoms with Gasteiger partial charge in [0.05, 0.1) is 13.1 Å². The van der Waals surface area contributed by atoms with Crippen LogP contribution < -0.4 is 5.73 Å². The highest BCUT2D eigenvalue weighted by atomic mass is 35.5. The molecule has 16 heavy (non-hydrogen) atoms. The van der Waals surface area contributed by atoms with Gasteiger partial charge in [-0.05, 0) is 17.7 Å². The predicted molar refractivity (Wildman–Crippen MR) is 63.5 cm³/mol. The van der Waals surface area contributed by atoms with E-state index in [1.807, 2.05) is 6.07 Å².